The van der Waals surface area contributed by atoms with Crippen LogP contribution in [0.2, 0.25) is 0 Å². The molecule has 70 valence electrons. The van der Waals surface area contributed by atoms with Gasteiger partial charge in [-0.2, -0.15) is 0 Å². The van der Waals surface area contributed by atoms with Crippen LogP contribution in [0.4, 0.5) is 0 Å². The van der Waals surface area contributed by atoms with Crippen LogP contribution in [0.15, 0.2) is 0 Å². The summed E-state index contributed by atoms with van der Waals surface area (Å²) in [6.07, 6.45) is 1.51. The Kier molecular flexibility index (Phi) is 1.95. The molecule has 0 aliphatic heterocycles. The van der Waals surface area contributed by atoms with Crippen LogP contribution in [-0.2, 0) is 4.79 Å². The Hall–Kier alpha value is -0.570. The van der Waals surface area contributed by atoms with Crippen molar-refractivity contribution in [2.45, 2.75) is 39.2 Å². The summed E-state index contributed by atoms with van der Waals surface area (Å²) in [4.78, 5) is 10.8. The maximum absolute atomic E-state index is 10.8. The molecule has 12 heavy (non-hydrogen) atoms. The molecule has 2 atom stereocenters. The second kappa shape index (κ2) is 2.46. The summed E-state index contributed by atoms with van der Waals surface area (Å²) >= 11 is 0. The Balaban J connectivity index is 2.93. The van der Waals surface area contributed by atoms with Crippen LogP contribution < -0.4 is 5.73 Å². The average molecular weight is 171 g/mol. The highest BCUT2D eigenvalue weighted by molar-refractivity contribution is 5.72. The first-order valence-electron chi connectivity index (χ1n) is 4.31. The molecule has 3 nitrogen and oxygen atoms in total. The predicted octanol–water partition coefficient (Wildman–Crippen LogP) is 1.22. The third-order valence-corrected chi connectivity index (χ3v) is 3.59. The first kappa shape index (κ1) is 9.52. The largest absolute Gasteiger partial charge is 0.481 e. The van der Waals surface area contributed by atoms with Gasteiger partial charge in [-0.05, 0) is 25.2 Å². The molecule has 1 fully saturated rings. The van der Waals surface area contributed by atoms with Crippen molar-refractivity contribution < 1.29 is 9.90 Å². The molecular formula is C9H17NO2. The lowest BCUT2D eigenvalue weighted by Gasteiger charge is -2.37. The lowest BCUT2D eigenvalue weighted by atomic mass is 9.72. The number of hydrogen-bond acceptors (Lipinski definition) is 2. The van der Waals surface area contributed by atoms with Crippen molar-refractivity contribution in [1.29, 1.82) is 0 Å². The summed E-state index contributed by atoms with van der Waals surface area (Å²) in [6.45, 7) is 5.83. The van der Waals surface area contributed by atoms with Gasteiger partial charge in [0.1, 0.15) is 0 Å². The molecule has 0 radical (unpaired) electrons. The summed E-state index contributed by atoms with van der Waals surface area (Å²) in [6, 6.07) is 0. The van der Waals surface area contributed by atoms with Gasteiger partial charge in [-0.15, -0.1) is 0 Å². The van der Waals surface area contributed by atoms with Gasteiger partial charge in [0.2, 0.25) is 0 Å². The number of rotatable bonds is 1. The molecular weight excluding hydrogens is 154 g/mol. The van der Waals surface area contributed by atoms with Gasteiger partial charge in [-0.3, -0.25) is 4.79 Å². The van der Waals surface area contributed by atoms with Crippen LogP contribution in [0.5, 0.6) is 0 Å². The third kappa shape index (κ3) is 1.12. The van der Waals surface area contributed by atoms with E-state index < -0.39 is 5.97 Å². The molecule has 1 saturated carbocycles. The van der Waals surface area contributed by atoms with Gasteiger partial charge >= 0.3 is 5.97 Å². The monoisotopic (exact) mass is 171 g/mol. The molecule has 0 saturated heterocycles. The number of nitrogens with two attached hydrogens (primary N) is 1. The zero-order valence-electron chi connectivity index (χ0n) is 7.92. The van der Waals surface area contributed by atoms with Crippen LogP contribution in [0.1, 0.15) is 33.6 Å². The van der Waals surface area contributed by atoms with Crippen molar-refractivity contribution >= 4 is 5.97 Å². The van der Waals surface area contributed by atoms with Gasteiger partial charge in [0.05, 0.1) is 5.92 Å². The number of carboxylic acid groups (broad SMARTS) is 1. The standard InChI is InChI=1S/C9H17NO2/c1-8(2)6(7(11)12)4-5-9(8,3)10/h6H,4-5,10H2,1-3H3,(H,11,12)/t6-,9-/m0/s1. The zero-order valence-corrected chi connectivity index (χ0v) is 7.92. The van der Waals surface area contributed by atoms with Gasteiger partial charge in [0.25, 0.3) is 0 Å². The van der Waals surface area contributed by atoms with Crippen LogP contribution in [0, 0.1) is 11.3 Å². The van der Waals surface area contributed by atoms with E-state index in [2.05, 4.69) is 0 Å². The van der Waals surface area contributed by atoms with Crippen LogP contribution in [0.3, 0.4) is 0 Å². The quantitative estimate of drug-likeness (QED) is 0.623. The lowest BCUT2D eigenvalue weighted by molar-refractivity contribution is -0.145. The minimum atomic E-state index is -0.714. The fourth-order valence-electron chi connectivity index (χ4n) is 1.96. The molecule has 1 rings (SSSR count). The van der Waals surface area contributed by atoms with E-state index in [1.165, 1.54) is 0 Å². The number of aliphatic carboxylic acids is 1. The van der Waals surface area contributed by atoms with E-state index in [1.807, 2.05) is 20.8 Å². The smallest absolute Gasteiger partial charge is 0.307 e. The molecule has 0 heterocycles. The SMILES string of the molecule is CC1(C)[C@H](C(=O)O)CC[C@]1(C)N. The van der Waals surface area contributed by atoms with Gasteiger partial charge in [-0.1, -0.05) is 13.8 Å². The van der Waals surface area contributed by atoms with Crippen LogP contribution in [0.25, 0.3) is 0 Å². The van der Waals surface area contributed by atoms with Gasteiger partial charge < -0.3 is 10.8 Å². The minimum Gasteiger partial charge on any atom is -0.481 e. The molecule has 3 heteroatoms. The summed E-state index contributed by atoms with van der Waals surface area (Å²) in [5, 5.41) is 8.93. The molecule has 0 aromatic carbocycles. The highest BCUT2D eigenvalue weighted by atomic mass is 16.4. The van der Waals surface area contributed by atoms with E-state index in [0.29, 0.717) is 6.42 Å². The normalized spacial score (nSPS) is 39.8. The Labute approximate surface area is 72.9 Å². The zero-order chi connectivity index (χ0) is 9.57. The van der Waals surface area contributed by atoms with E-state index in [-0.39, 0.29) is 16.9 Å². The van der Waals surface area contributed by atoms with E-state index >= 15 is 0 Å². The first-order valence-corrected chi connectivity index (χ1v) is 4.31. The summed E-state index contributed by atoms with van der Waals surface area (Å²) in [5.74, 6) is -0.998. The maximum atomic E-state index is 10.8. The van der Waals surface area contributed by atoms with Crippen molar-refractivity contribution in [3.63, 3.8) is 0 Å². The van der Waals surface area contributed by atoms with E-state index in [9.17, 15) is 4.79 Å². The van der Waals surface area contributed by atoms with Crippen LogP contribution in [-0.4, -0.2) is 16.6 Å². The second-order valence-electron chi connectivity index (χ2n) is 4.57. The molecule has 0 unspecified atom stereocenters. The second-order valence-corrected chi connectivity index (χ2v) is 4.57. The molecule has 0 aromatic heterocycles. The van der Waals surface area contributed by atoms with Gasteiger partial charge in [0.15, 0.2) is 0 Å². The van der Waals surface area contributed by atoms with Gasteiger partial charge in [0, 0.05) is 5.54 Å². The summed E-state index contributed by atoms with van der Waals surface area (Å²) < 4.78 is 0. The predicted molar refractivity (Wildman–Crippen MR) is 46.7 cm³/mol. The van der Waals surface area contributed by atoms with Crippen molar-refractivity contribution in [1.82, 2.24) is 0 Å². The van der Waals surface area contributed by atoms with Gasteiger partial charge in [-0.25, -0.2) is 0 Å². The number of carbonyl (C=O) groups is 1. The Morgan fingerprint density at radius 2 is 2.00 bits per heavy atom. The fourth-order valence-corrected chi connectivity index (χ4v) is 1.96. The highest BCUT2D eigenvalue weighted by Crippen LogP contribution is 2.48. The van der Waals surface area contributed by atoms with Crippen molar-refractivity contribution in [2.75, 3.05) is 0 Å². The average Bonchev–Trinajstić information content (AvgIpc) is 2.03. The summed E-state index contributed by atoms with van der Waals surface area (Å²) in [7, 11) is 0. The fraction of sp³-hybridized carbons (Fsp3) is 0.889. The maximum Gasteiger partial charge on any atom is 0.307 e. The molecule has 0 amide bonds. The molecule has 3 N–H and O–H groups in total. The van der Waals surface area contributed by atoms with Crippen molar-refractivity contribution in [2.24, 2.45) is 17.1 Å². The number of hydrogen-bond donors (Lipinski definition) is 2. The molecule has 0 spiro atoms. The molecule has 1 aliphatic rings. The summed E-state index contributed by atoms with van der Waals surface area (Å²) in [5.41, 5.74) is 5.39. The highest BCUT2D eigenvalue weighted by Gasteiger charge is 2.52. The minimum absolute atomic E-state index is 0.285. The topological polar surface area (TPSA) is 63.3 Å². The van der Waals surface area contributed by atoms with E-state index in [1.54, 1.807) is 0 Å². The van der Waals surface area contributed by atoms with Crippen molar-refractivity contribution in [3.8, 4) is 0 Å². The third-order valence-electron chi connectivity index (χ3n) is 3.59. The lowest BCUT2D eigenvalue weighted by Crippen LogP contribution is -2.49. The van der Waals surface area contributed by atoms with E-state index in [4.69, 9.17) is 10.8 Å². The molecule has 0 bridgehead atoms. The van der Waals surface area contributed by atoms with Crippen molar-refractivity contribution in [3.05, 3.63) is 0 Å². The Morgan fingerprint density at radius 1 is 1.50 bits per heavy atom. The Morgan fingerprint density at radius 3 is 2.17 bits per heavy atom. The number of carboxylic acids is 1. The van der Waals surface area contributed by atoms with Crippen LogP contribution >= 0.6 is 0 Å². The molecule has 0 aromatic rings. The Bertz CT molecular complexity index is 209. The molecule has 1 aliphatic carbocycles. The van der Waals surface area contributed by atoms with E-state index in [0.717, 1.165) is 6.42 Å². The first-order chi connectivity index (χ1) is 5.29.